The number of anilines is 1. The highest BCUT2D eigenvalue weighted by Crippen LogP contribution is 2.21. The Bertz CT molecular complexity index is 741. The zero-order valence-electron chi connectivity index (χ0n) is 15.3. The number of hydrogen-bond donors (Lipinski definition) is 1. The van der Waals surface area contributed by atoms with Crippen LogP contribution >= 0.6 is 12.6 Å². The molecule has 1 aromatic carbocycles. The van der Waals surface area contributed by atoms with Gasteiger partial charge >= 0.3 is 5.97 Å². The summed E-state index contributed by atoms with van der Waals surface area (Å²) in [6.45, 7) is 8.16. The highest BCUT2D eigenvalue weighted by atomic mass is 32.1. The molecule has 138 valence electrons. The number of pyridine rings is 1. The molecule has 0 unspecified atom stereocenters. The summed E-state index contributed by atoms with van der Waals surface area (Å²) in [5.41, 5.74) is 1.83. The van der Waals surface area contributed by atoms with Gasteiger partial charge in [-0.1, -0.05) is 12.1 Å². The number of thiol groups is 1. The van der Waals surface area contributed by atoms with Crippen LogP contribution in [0.25, 0.3) is 0 Å². The molecule has 0 aliphatic carbocycles. The number of aromatic nitrogens is 1. The molecule has 1 saturated heterocycles. The largest absolute Gasteiger partial charge is 0.459 e. The van der Waals surface area contributed by atoms with E-state index < -0.39 is 0 Å². The third kappa shape index (κ3) is 4.77. The van der Waals surface area contributed by atoms with E-state index in [-0.39, 0.29) is 12.1 Å². The van der Waals surface area contributed by atoms with E-state index in [2.05, 4.69) is 39.5 Å². The molecule has 3 rings (SSSR count). The zero-order valence-corrected chi connectivity index (χ0v) is 16.2. The molecule has 1 aromatic heterocycles. The highest BCUT2D eigenvalue weighted by Gasteiger charge is 2.23. The Morgan fingerprint density at radius 1 is 1.15 bits per heavy atom. The van der Waals surface area contributed by atoms with Crippen LogP contribution in [0.15, 0.2) is 47.5 Å². The minimum Gasteiger partial charge on any atom is -0.459 e. The van der Waals surface area contributed by atoms with E-state index in [1.54, 1.807) is 18.3 Å². The van der Waals surface area contributed by atoms with E-state index in [1.807, 2.05) is 26.0 Å². The van der Waals surface area contributed by atoms with Crippen molar-refractivity contribution in [2.75, 3.05) is 31.1 Å². The maximum atomic E-state index is 12.3. The van der Waals surface area contributed by atoms with Gasteiger partial charge in [-0.15, -0.1) is 12.6 Å². The van der Waals surface area contributed by atoms with Crippen LogP contribution in [0.5, 0.6) is 0 Å². The van der Waals surface area contributed by atoms with Crippen molar-refractivity contribution in [3.63, 3.8) is 0 Å². The first-order chi connectivity index (χ1) is 12.5. The van der Waals surface area contributed by atoms with Gasteiger partial charge in [-0.3, -0.25) is 4.90 Å². The standard InChI is InChI=1S/C20H25N3O2S/c1-15(2)25-20(24)18-4-3-9-21-19(18)23-12-10-22(11-13-23)14-16-5-7-17(26)8-6-16/h3-9,15,26H,10-14H2,1-2H3. The van der Waals surface area contributed by atoms with Gasteiger partial charge in [0.25, 0.3) is 0 Å². The Morgan fingerprint density at radius 2 is 1.85 bits per heavy atom. The number of ether oxygens (including phenoxy) is 1. The Kier molecular flexibility index (Phi) is 6.16. The summed E-state index contributed by atoms with van der Waals surface area (Å²) in [5, 5.41) is 0. The molecule has 5 nitrogen and oxygen atoms in total. The molecule has 0 N–H and O–H groups in total. The van der Waals surface area contributed by atoms with E-state index in [0.717, 1.165) is 43.4 Å². The van der Waals surface area contributed by atoms with Crippen molar-refractivity contribution in [2.45, 2.75) is 31.4 Å². The number of nitrogens with zero attached hydrogens (tertiary/aromatic N) is 3. The third-order valence-electron chi connectivity index (χ3n) is 4.36. The van der Waals surface area contributed by atoms with Crippen LogP contribution < -0.4 is 4.90 Å². The van der Waals surface area contributed by atoms with E-state index >= 15 is 0 Å². The van der Waals surface area contributed by atoms with E-state index in [4.69, 9.17) is 4.74 Å². The van der Waals surface area contributed by atoms with Gasteiger partial charge < -0.3 is 9.64 Å². The van der Waals surface area contributed by atoms with E-state index in [9.17, 15) is 4.79 Å². The average molecular weight is 372 g/mol. The smallest absolute Gasteiger partial charge is 0.342 e. The highest BCUT2D eigenvalue weighted by molar-refractivity contribution is 7.80. The van der Waals surface area contributed by atoms with Gasteiger partial charge in [-0.2, -0.15) is 0 Å². The molecule has 1 fully saturated rings. The van der Waals surface area contributed by atoms with Crippen LogP contribution in [0.3, 0.4) is 0 Å². The lowest BCUT2D eigenvalue weighted by Gasteiger charge is -2.36. The predicted octanol–water partition coefficient (Wildman–Crippen LogP) is 3.26. The number of esters is 1. The van der Waals surface area contributed by atoms with Gasteiger partial charge in [-0.25, -0.2) is 9.78 Å². The molecule has 0 atom stereocenters. The summed E-state index contributed by atoms with van der Waals surface area (Å²) >= 11 is 4.33. The van der Waals surface area contributed by atoms with Gasteiger partial charge in [0.15, 0.2) is 0 Å². The summed E-state index contributed by atoms with van der Waals surface area (Å²) in [4.78, 5) is 22.4. The number of hydrogen-bond acceptors (Lipinski definition) is 6. The average Bonchev–Trinajstić information content (AvgIpc) is 2.64. The van der Waals surface area contributed by atoms with Crippen molar-refractivity contribution in [1.82, 2.24) is 9.88 Å². The Hall–Kier alpha value is -2.05. The molecular weight excluding hydrogens is 346 g/mol. The maximum absolute atomic E-state index is 12.3. The zero-order chi connectivity index (χ0) is 18.5. The van der Waals surface area contributed by atoms with Crippen molar-refractivity contribution < 1.29 is 9.53 Å². The number of benzene rings is 1. The van der Waals surface area contributed by atoms with Crippen LogP contribution in [-0.4, -0.2) is 48.1 Å². The second-order valence-electron chi connectivity index (χ2n) is 6.76. The second kappa shape index (κ2) is 8.56. The molecule has 1 aliphatic rings. The predicted molar refractivity (Wildman–Crippen MR) is 106 cm³/mol. The van der Waals surface area contributed by atoms with Crippen molar-refractivity contribution in [1.29, 1.82) is 0 Å². The molecule has 26 heavy (non-hydrogen) atoms. The van der Waals surface area contributed by atoms with E-state index in [0.29, 0.717) is 5.56 Å². The van der Waals surface area contributed by atoms with Crippen LogP contribution in [0, 0.1) is 0 Å². The van der Waals surface area contributed by atoms with Gasteiger partial charge in [0, 0.05) is 43.8 Å². The lowest BCUT2D eigenvalue weighted by atomic mass is 10.2. The van der Waals surface area contributed by atoms with Crippen molar-refractivity contribution in [3.05, 3.63) is 53.7 Å². The minimum absolute atomic E-state index is 0.143. The number of carbonyl (C=O) groups is 1. The quantitative estimate of drug-likeness (QED) is 0.646. The lowest BCUT2D eigenvalue weighted by Crippen LogP contribution is -2.46. The van der Waals surface area contributed by atoms with Crippen LogP contribution in [0.1, 0.15) is 29.8 Å². The monoisotopic (exact) mass is 371 g/mol. The van der Waals surface area contributed by atoms with Crippen molar-refractivity contribution >= 4 is 24.4 Å². The van der Waals surface area contributed by atoms with E-state index in [1.165, 1.54) is 5.56 Å². The minimum atomic E-state index is -0.308. The van der Waals surface area contributed by atoms with Crippen molar-refractivity contribution in [3.8, 4) is 0 Å². The summed E-state index contributed by atoms with van der Waals surface area (Å²) in [7, 11) is 0. The summed E-state index contributed by atoms with van der Waals surface area (Å²) in [5.74, 6) is 0.412. The molecule has 0 amide bonds. The SMILES string of the molecule is CC(C)OC(=O)c1cccnc1N1CCN(Cc2ccc(S)cc2)CC1. The van der Waals surface area contributed by atoms with Crippen molar-refractivity contribution in [2.24, 2.45) is 0 Å². The fourth-order valence-corrected chi connectivity index (χ4v) is 3.21. The van der Waals surface area contributed by atoms with Crippen LogP contribution in [-0.2, 0) is 11.3 Å². The first-order valence-corrected chi connectivity index (χ1v) is 9.39. The maximum Gasteiger partial charge on any atom is 0.342 e. The number of carbonyl (C=O) groups excluding carboxylic acids is 1. The Balaban J connectivity index is 1.63. The van der Waals surface area contributed by atoms with Gasteiger partial charge in [-0.05, 0) is 43.7 Å². The Morgan fingerprint density at radius 3 is 2.50 bits per heavy atom. The lowest BCUT2D eigenvalue weighted by molar-refractivity contribution is 0.0378. The third-order valence-corrected chi connectivity index (χ3v) is 4.66. The molecule has 0 saturated carbocycles. The van der Waals surface area contributed by atoms with Gasteiger partial charge in [0.2, 0.25) is 0 Å². The molecule has 6 heteroatoms. The first kappa shape index (κ1) is 18.7. The molecule has 0 radical (unpaired) electrons. The normalized spacial score (nSPS) is 15.3. The molecule has 0 bridgehead atoms. The summed E-state index contributed by atoms with van der Waals surface area (Å²) < 4.78 is 5.36. The fraction of sp³-hybridized carbons (Fsp3) is 0.400. The fourth-order valence-electron chi connectivity index (χ4n) is 3.06. The van der Waals surface area contributed by atoms with Gasteiger partial charge in [0.1, 0.15) is 11.4 Å². The second-order valence-corrected chi connectivity index (χ2v) is 7.27. The molecular formula is C20H25N3O2S. The molecule has 2 aromatic rings. The number of rotatable bonds is 5. The van der Waals surface area contributed by atoms with Crippen LogP contribution in [0.2, 0.25) is 0 Å². The molecule has 2 heterocycles. The van der Waals surface area contributed by atoms with Gasteiger partial charge in [0.05, 0.1) is 6.10 Å². The molecule has 1 aliphatic heterocycles. The molecule has 0 spiro atoms. The topological polar surface area (TPSA) is 45.7 Å². The van der Waals surface area contributed by atoms with Crippen LogP contribution in [0.4, 0.5) is 5.82 Å². The summed E-state index contributed by atoms with van der Waals surface area (Å²) in [6.07, 6.45) is 1.59. The number of piperazine rings is 1. The summed E-state index contributed by atoms with van der Waals surface area (Å²) in [6, 6.07) is 11.9. The Labute approximate surface area is 160 Å². The first-order valence-electron chi connectivity index (χ1n) is 8.94.